The zero-order valence-corrected chi connectivity index (χ0v) is 9.80. The van der Waals surface area contributed by atoms with Gasteiger partial charge in [-0.3, -0.25) is 0 Å². The lowest BCUT2D eigenvalue weighted by Gasteiger charge is -1.98. The average molecular weight is 254 g/mol. The second-order valence-electron chi connectivity index (χ2n) is 3.24. The van der Waals surface area contributed by atoms with Crippen LogP contribution in [0, 0.1) is 6.92 Å². The van der Waals surface area contributed by atoms with Gasteiger partial charge in [0.25, 0.3) is 0 Å². The molecule has 0 spiro atoms. The van der Waals surface area contributed by atoms with Gasteiger partial charge in [-0.1, -0.05) is 0 Å². The van der Waals surface area contributed by atoms with Crippen LogP contribution < -0.4 is 5.32 Å². The van der Waals surface area contributed by atoms with E-state index in [4.69, 9.17) is 0 Å². The molecule has 0 aromatic carbocycles. The van der Waals surface area contributed by atoms with Crippen molar-refractivity contribution in [2.24, 2.45) is 0 Å². The van der Waals surface area contributed by atoms with Crippen molar-refractivity contribution in [3.63, 3.8) is 0 Å². The lowest BCUT2D eigenvalue weighted by Crippen LogP contribution is -2.05. The van der Waals surface area contributed by atoms with Crippen molar-refractivity contribution in [1.29, 1.82) is 0 Å². The van der Waals surface area contributed by atoms with Gasteiger partial charge in [0.1, 0.15) is 5.82 Å². The molecule has 0 amide bonds. The Bertz CT molecular complexity index is 462. The minimum atomic E-state index is 0.805. The minimum absolute atomic E-state index is 0.805. The third kappa shape index (κ3) is 1.55. The maximum Gasteiger partial charge on any atom is 0.110 e. The monoisotopic (exact) mass is 253 g/mol. The molecule has 0 aliphatic rings. The molecule has 14 heavy (non-hydrogen) atoms. The predicted molar refractivity (Wildman–Crippen MR) is 60.4 cm³/mol. The number of hydrogen-bond acceptors (Lipinski definition) is 2. The Morgan fingerprint density at radius 1 is 1.50 bits per heavy atom. The van der Waals surface area contributed by atoms with Crippen molar-refractivity contribution in [3.05, 3.63) is 34.3 Å². The fourth-order valence-electron chi connectivity index (χ4n) is 1.58. The lowest BCUT2D eigenvalue weighted by molar-refractivity contribution is 0.800. The van der Waals surface area contributed by atoms with Crippen LogP contribution in [0.3, 0.4) is 0 Å². The van der Waals surface area contributed by atoms with Crippen molar-refractivity contribution in [2.45, 2.75) is 13.5 Å². The molecular weight excluding hydrogens is 242 g/mol. The first-order valence-corrected chi connectivity index (χ1v) is 5.29. The average Bonchev–Trinajstić information content (AvgIpc) is 2.44. The van der Waals surface area contributed by atoms with Crippen LogP contribution in [0.1, 0.15) is 11.5 Å². The third-order valence-electron chi connectivity index (χ3n) is 2.20. The van der Waals surface area contributed by atoms with E-state index in [0.717, 1.165) is 22.5 Å². The normalized spacial score (nSPS) is 11.1. The molecule has 0 aliphatic carbocycles. The molecule has 74 valence electrons. The standard InChI is InChI=1S/C10H12BrN3/c1-7-13-9(5-12-2)10-4-3-8(11)6-14(7)10/h3-4,6,12H,5H2,1-2H3. The first kappa shape index (κ1) is 9.68. The summed E-state index contributed by atoms with van der Waals surface area (Å²) in [5.41, 5.74) is 2.26. The van der Waals surface area contributed by atoms with E-state index in [1.165, 1.54) is 5.52 Å². The summed E-state index contributed by atoms with van der Waals surface area (Å²) in [4.78, 5) is 4.50. The molecule has 0 bridgehead atoms. The van der Waals surface area contributed by atoms with Gasteiger partial charge in [-0.2, -0.15) is 0 Å². The quantitative estimate of drug-likeness (QED) is 0.889. The van der Waals surface area contributed by atoms with E-state index >= 15 is 0 Å². The summed E-state index contributed by atoms with van der Waals surface area (Å²) in [5.74, 6) is 1.02. The molecule has 0 saturated carbocycles. The van der Waals surface area contributed by atoms with Crippen LogP contribution in [0.5, 0.6) is 0 Å². The fraction of sp³-hybridized carbons (Fsp3) is 0.300. The van der Waals surface area contributed by atoms with E-state index in [9.17, 15) is 0 Å². The Morgan fingerprint density at radius 2 is 2.29 bits per heavy atom. The molecule has 2 rings (SSSR count). The number of pyridine rings is 1. The zero-order chi connectivity index (χ0) is 10.1. The Hall–Kier alpha value is -0.870. The van der Waals surface area contributed by atoms with E-state index in [-0.39, 0.29) is 0 Å². The summed E-state index contributed by atoms with van der Waals surface area (Å²) in [7, 11) is 1.93. The number of imidazole rings is 1. The van der Waals surface area contributed by atoms with Gasteiger partial charge < -0.3 is 9.72 Å². The van der Waals surface area contributed by atoms with Crippen LogP contribution in [-0.4, -0.2) is 16.4 Å². The molecule has 0 unspecified atom stereocenters. The summed E-state index contributed by atoms with van der Waals surface area (Å²) >= 11 is 3.45. The van der Waals surface area contributed by atoms with E-state index in [2.05, 4.69) is 36.7 Å². The molecule has 0 radical (unpaired) electrons. The maximum absolute atomic E-state index is 4.50. The summed E-state index contributed by atoms with van der Waals surface area (Å²) in [6.07, 6.45) is 2.04. The van der Waals surface area contributed by atoms with E-state index in [1.807, 2.05) is 26.2 Å². The molecular formula is C10H12BrN3. The summed E-state index contributed by atoms with van der Waals surface area (Å²) in [6, 6.07) is 4.12. The molecule has 0 saturated heterocycles. The molecule has 2 aromatic rings. The molecule has 0 fully saturated rings. The highest BCUT2D eigenvalue weighted by molar-refractivity contribution is 9.10. The number of aromatic nitrogens is 2. The van der Waals surface area contributed by atoms with Gasteiger partial charge in [-0.25, -0.2) is 4.98 Å². The van der Waals surface area contributed by atoms with Crippen LogP contribution in [0.2, 0.25) is 0 Å². The van der Waals surface area contributed by atoms with Gasteiger partial charge in [0.15, 0.2) is 0 Å². The van der Waals surface area contributed by atoms with Gasteiger partial charge >= 0.3 is 0 Å². The Balaban J connectivity index is 2.65. The van der Waals surface area contributed by atoms with Crippen molar-refractivity contribution in [1.82, 2.24) is 14.7 Å². The van der Waals surface area contributed by atoms with Gasteiger partial charge in [0.05, 0.1) is 11.2 Å². The largest absolute Gasteiger partial charge is 0.314 e. The number of aryl methyl sites for hydroxylation is 1. The topological polar surface area (TPSA) is 29.3 Å². The van der Waals surface area contributed by atoms with Gasteiger partial charge in [-0.15, -0.1) is 0 Å². The second-order valence-corrected chi connectivity index (χ2v) is 4.15. The highest BCUT2D eigenvalue weighted by Crippen LogP contribution is 2.17. The SMILES string of the molecule is CNCc1nc(C)n2cc(Br)ccc12. The molecule has 2 aromatic heterocycles. The van der Waals surface area contributed by atoms with E-state index in [1.54, 1.807) is 0 Å². The molecule has 0 aliphatic heterocycles. The molecule has 2 heterocycles. The van der Waals surface area contributed by atoms with Crippen LogP contribution in [-0.2, 0) is 6.54 Å². The Labute approximate surface area is 91.3 Å². The number of rotatable bonds is 2. The Kier molecular flexibility index (Phi) is 2.56. The third-order valence-corrected chi connectivity index (χ3v) is 2.67. The van der Waals surface area contributed by atoms with Crippen LogP contribution in [0.15, 0.2) is 22.8 Å². The van der Waals surface area contributed by atoms with Crippen molar-refractivity contribution in [2.75, 3.05) is 7.05 Å². The minimum Gasteiger partial charge on any atom is -0.314 e. The van der Waals surface area contributed by atoms with Gasteiger partial charge in [0.2, 0.25) is 0 Å². The molecule has 3 nitrogen and oxygen atoms in total. The second kappa shape index (κ2) is 3.71. The number of fused-ring (bicyclic) bond motifs is 1. The van der Waals surface area contributed by atoms with Gasteiger partial charge in [-0.05, 0) is 42.0 Å². The highest BCUT2D eigenvalue weighted by Gasteiger charge is 2.06. The highest BCUT2D eigenvalue weighted by atomic mass is 79.9. The number of nitrogens with zero attached hydrogens (tertiary/aromatic N) is 2. The van der Waals surface area contributed by atoms with Crippen LogP contribution in [0.25, 0.3) is 5.52 Å². The van der Waals surface area contributed by atoms with Crippen LogP contribution in [0.4, 0.5) is 0 Å². The number of nitrogens with one attached hydrogen (secondary N) is 1. The van der Waals surface area contributed by atoms with Crippen LogP contribution >= 0.6 is 15.9 Å². The zero-order valence-electron chi connectivity index (χ0n) is 8.21. The lowest BCUT2D eigenvalue weighted by atomic mass is 10.3. The van der Waals surface area contributed by atoms with Crippen molar-refractivity contribution in [3.8, 4) is 0 Å². The number of halogens is 1. The first-order valence-electron chi connectivity index (χ1n) is 4.50. The van der Waals surface area contributed by atoms with E-state index < -0.39 is 0 Å². The fourth-order valence-corrected chi connectivity index (χ4v) is 1.92. The smallest absolute Gasteiger partial charge is 0.110 e. The first-order chi connectivity index (χ1) is 6.72. The molecule has 4 heteroatoms. The maximum atomic E-state index is 4.50. The Morgan fingerprint density at radius 3 is 3.00 bits per heavy atom. The van der Waals surface area contributed by atoms with Crippen molar-refractivity contribution < 1.29 is 0 Å². The predicted octanol–water partition coefficient (Wildman–Crippen LogP) is 2.12. The summed E-state index contributed by atoms with van der Waals surface area (Å²) in [5, 5.41) is 3.12. The molecule has 1 N–H and O–H groups in total. The summed E-state index contributed by atoms with van der Waals surface area (Å²) < 4.78 is 3.16. The van der Waals surface area contributed by atoms with Gasteiger partial charge in [0, 0.05) is 17.2 Å². The van der Waals surface area contributed by atoms with Crippen molar-refractivity contribution >= 4 is 21.4 Å². The summed E-state index contributed by atoms with van der Waals surface area (Å²) in [6.45, 7) is 2.82. The van der Waals surface area contributed by atoms with E-state index in [0.29, 0.717) is 0 Å². The molecule has 0 atom stereocenters. The number of hydrogen-bond donors (Lipinski definition) is 1.